The molecule has 118 valence electrons. The lowest BCUT2D eigenvalue weighted by Gasteiger charge is -2.04. The van der Waals surface area contributed by atoms with Gasteiger partial charge in [0.1, 0.15) is 0 Å². The summed E-state index contributed by atoms with van der Waals surface area (Å²) < 4.78 is 5.75. The third kappa shape index (κ3) is 2.70. The van der Waals surface area contributed by atoms with Crippen LogP contribution in [0.2, 0.25) is 0 Å². The average molecular weight is 329 g/mol. The van der Waals surface area contributed by atoms with Crippen molar-refractivity contribution < 1.29 is 14.3 Å². The number of methoxy groups -OCH3 is 1. The van der Waals surface area contributed by atoms with E-state index in [1.807, 2.05) is 24.3 Å². The zero-order valence-electron chi connectivity index (χ0n) is 12.9. The van der Waals surface area contributed by atoms with E-state index in [4.69, 9.17) is 4.74 Å². The van der Waals surface area contributed by atoms with Crippen molar-refractivity contribution in [3.63, 3.8) is 0 Å². The van der Waals surface area contributed by atoms with Crippen LogP contribution in [0, 0.1) is 13.8 Å². The van der Waals surface area contributed by atoms with Crippen molar-refractivity contribution in [2.75, 3.05) is 12.4 Å². The highest BCUT2D eigenvalue weighted by Gasteiger charge is 2.25. The number of nitrogens with one attached hydrogen (secondary N) is 2. The zero-order valence-corrected chi connectivity index (χ0v) is 13.7. The van der Waals surface area contributed by atoms with Crippen molar-refractivity contribution in [2.45, 2.75) is 13.8 Å². The monoisotopic (exact) mass is 329 g/mol. The van der Waals surface area contributed by atoms with Crippen molar-refractivity contribution in [1.29, 1.82) is 0 Å². The van der Waals surface area contributed by atoms with E-state index >= 15 is 0 Å². The van der Waals surface area contributed by atoms with Crippen LogP contribution in [0.15, 0.2) is 24.3 Å². The first-order valence-electron chi connectivity index (χ1n) is 6.95. The summed E-state index contributed by atoms with van der Waals surface area (Å²) in [6.45, 7) is 3.47. The maximum Gasteiger partial charge on any atom is 0.340 e. The van der Waals surface area contributed by atoms with Gasteiger partial charge in [0.15, 0.2) is 5.13 Å². The van der Waals surface area contributed by atoms with E-state index in [0.29, 0.717) is 16.5 Å². The number of thiazole rings is 1. The summed E-state index contributed by atoms with van der Waals surface area (Å²) in [5, 5.41) is 3.25. The van der Waals surface area contributed by atoms with Gasteiger partial charge in [-0.25, -0.2) is 9.78 Å². The fraction of sp³-hybridized carbons (Fsp3) is 0.188. The summed E-state index contributed by atoms with van der Waals surface area (Å²) in [6.07, 6.45) is 0. The van der Waals surface area contributed by atoms with Gasteiger partial charge in [-0.2, -0.15) is 0 Å². The zero-order chi connectivity index (χ0) is 16.6. The Hall–Kier alpha value is -2.67. The second-order valence-electron chi connectivity index (χ2n) is 5.06. The predicted octanol–water partition coefficient (Wildman–Crippen LogP) is 3.28. The number of benzene rings is 1. The van der Waals surface area contributed by atoms with Crippen LogP contribution in [0.25, 0.3) is 10.2 Å². The molecule has 2 aromatic heterocycles. The molecule has 3 rings (SSSR count). The van der Waals surface area contributed by atoms with Gasteiger partial charge >= 0.3 is 5.97 Å². The Morgan fingerprint density at radius 1 is 1.17 bits per heavy atom. The van der Waals surface area contributed by atoms with Gasteiger partial charge in [0.25, 0.3) is 5.91 Å². The summed E-state index contributed by atoms with van der Waals surface area (Å²) in [6, 6.07) is 7.63. The molecular weight excluding hydrogens is 314 g/mol. The number of nitrogens with zero attached hydrogens (tertiary/aromatic N) is 1. The largest absolute Gasteiger partial charge is 0.465 e. The molecule has 0 fully saturated rings. The normalized spacial score (nSPS) is 10.7. The number of esters is 1. The minimum atomic E-state index is -0.540. The number of hydrogen-bond acceptors (Lipinski definition) is 5. The van der Waals surface area contributed by atoms with Crippen LogP contribution >= 0.6 is 11.3 Å². The molecule has 0 aliphatic rings. The van der Waals surface area contributed by atoms with Gasteiger partial charge in [0.05, 0.1) is 28.5 Å². The van der Waals surface area contributed by atoms with E-state index in [2.05, 4.69) is 15.3 Å². The number of hydrogen-bond donors (Lipinski definition) is 2. The number of ether oxygens (including phenoxy) is 1. The highest BCUT2D eigenvalue weighted by atomic mass is 32.1. The van der Waals surface area contributed by atoms with Gasteiger partial charge in [-0.3, -0.25) is 10.1 Å². The van der Waals surface area contributed by atoms with E-state index in [1.165, 1.54) is 18.4 Å². The second-order valence-corrected chi connectivity index (χ2v) is 6.09. The molecule has 2 heterocycles. The number of fused-ring (bicyclic) bond motifs is 1. The molecule has 0 aliphatic carbocycles. The molecule has 0 bridgehead atoms. The molecule has 6 nitrogen and oxygen atoms in total. The fourth-order valence-electron chi connectivity index (χ4n) is 2.51. The smallest absolute Gasteiger partial charge is 0.340 e. The minimum absolute atomic E-state index is 0.253. The molecule has 3 aromatic rings. The van der Waals surface area contributed by atoms with E-state index in [1.54, 1.807) is 13.8 Å². The van der Waals surface area contributed by atoms with Crippen molar-refractivity contribution in [3.05, 3.63) is 46.8 Å². The van der Waals surface area contributed by atoms with Gasteiger partial charge in [-0.15, -0.1) is 0 Å². The Morgan fingerprint density at radius 3 is 2.57 bits per heavy atom. The van der Waals surface area contributed by atoms with E-state index in [0.717, 1.165) is 10.2 Å². The molecule has 23 heavy (non-hydrogen) atoms. The summed E-state index contributed by atoms with van der Waals surface area (Å²) >= 11 is 1.38. The second kappa shape index (κ2) is 5.85. The van der Waals surface area contributed by atoms with Crippen LogP contribution < -0.4 is 5.32 Å². The molecule has 0 aliphatic heterocycles. The Labute approximate surface area is 136 Å². The summed E-state index contributed by atoms with van der Waals surface area (Å²) in [5.41, 5.74) is 2.57. The maximum atomic E-state index is 12.6. The Kier molecular flexibility index (Phi) is 3.87. The third-order valence-corrected chi connectivity index (χ3v) is 4.46. The van der Waals surface area contributed by atoms with Crippen molar-refractivity contribution in [3.8, 4) is 0 Å². The lowest BCUT2D eigenvalue weighted by Crippen LogP contribution is -2.17. The first kappa shape index (κ1) is 15.2. The van der Waals surface area contributed by atoms with Crippen LogP contribution in [0.3, 0.4) is 0 Å². The SMILES string of the molecule is COC(=O)c1c(C)[nH]c(C)c1C(=O)Nc1nc2ccccc2s1. The van der Waals surface area contributed by atoms with E-state index in [-0.39, 0.29) is 17.0 Å². The van der Waals surface area contributed by atoms with Crippen molar-refractivity contribution >= 4 is 38.6 Å². The predicted molar refractivity (Wildman–Crippen MR) is 89.2 cm³/mol. The van der Waals surface area contributed by atoms with Crippen molar-refractivity contribution in [1.82, 2.24) is 9.97 Å². The van der Waals surface area contributed by atoms with Crippen LogP contribution in [-0.2, 0) is 4.74 Å². The highest BCUT2D eigenvalue weighted by Crippen LogP contribution is 2.27. The van der Waals surface area contributed by atoms with Crippen molar-refractivity contribution in [2.24, 2.45) is 0 Å². The standard InChI is InChI=1S/C16H15N3O3S/c1-8-12(13(9(2)17-8)15(21)22-3)14(20)19-16-18-10-6-4-5-7-11(10)23-16/h4-7,17H,1-3H3,(H,18,19,20). The Bertz CT molecular complexity index is 878. The summed E-state index contributed by atoms with van der Waals surface area (Å²) in [5.74, 6) is -0.924. The Balaban J connectivity index is 1.96. The van der Waals surface area contributed by atoms with Gasteiger partial charge in [0, 0.05) is 11.4 Å². The molecule has 0 saturated carbocycles. The van der Waals surface area contributed by atoms with Gasteiger partial charge in [0.2, 0.25) is 0 Å². The number of carbonyl (C=O) groups excluding carboxylic acids is 2. The van der Waals surface area contributed by atoms with Gasteiger partial charge < -0.3 is 9.72 Å². The van der Waals surface area contributed by atoms with Gasteiger partial charge in [-0.05, 0) is 26.0 Å². The highest BCUT2D eigenvalue weighted by molar-refractivity contribution is 7.22. The molecule has 7 heteroatoms. The average Bonchev–Trinajstić information content (AvgIpc) is 3.05. The van der Waals surface area contributed by atoms with E-state index < -0.39 is 5.97 Å². The first-order valence-corrected chi connectivity index (χ1v) is 7.77. The summed E-state index contributed by atoms with van der Waals surface area (Å²) in [7, 11) is 1.29. The number of carbonyl (C=O) groups is 2. The number of anilines is 1. The molecule has 1 amide bonds. The van der Waals surface area contributed by atoms with Crippen LogP contribution in [0.4, 0.5) is 5.13 Å². The minimum Gasteiger partial charge on any atom is -0.465 e. The molecule has 0 radical (unpaired) electrons. The van der Waals surface area contributed by atoms with Crippen LogP contribution in [0.5, 0.6) is 0 Å². The number of aryl methyl sites for hydroxylation is 2. The van der Waals surface area contributed by atoms with Crippen LogP contribution in [-0.4, -0.2) is 29.0 Å². The number of aromatic amines is 1. The van der Waals surface area contributed by atoms with Crippen LogP contribution in [0.1, 0.15) is 32.1 Å². The number of aromatic nitrogens is 2. The number of rotatable bonds is 3. The topological polar surface area (TPSA) is 84.1 Å². The molecule has 1 aromatic carbocycles. The maximum absolute atomic E-state index is 12.6. The number of amides is 1. The third-order valence-electron chi connectivity index (χ3n) is 3.51. The molecule has 0 unspecified atom stereocenters. The molecular formula is C16H15N3O3S. The van der Waals surface area contributed by atoms with E-state index in [9.17, 15) is 9.59 Å². The molecule has 0 spiro atoms. The number of para-hydroxylation sites is 1. The quantitative estimate of drug-likeness (QED) is 0.722. The lowest BCUT2D eigenvalue weighted by atomic mass is 10.1. The molecule has 0 saturated heterocycles. The molecule has 0 atom stereocenters. The first-order chi connectivity index (χ1) is 11.0. The number of H-pyrrole nitrogens is 1. The Morgan fingerprint density at radius 2 is 1.87 bits per heavy atom. The fourth-order valence-corrected chi connectivity index (χ4v) is 3.37. The van der Waals surface area contributed by atoms with Gasteiger partial charge in [-0.1, -0.05) is 23.5 Å². The summed E-state index contributed by atoms with van der Waals surface area (Å²) in [4.78, 5) is 31.9. The molecule has 2 N–H and O–H groups in total. The lowest BCUT2D eigenvalue weighted by molar-refractivity contribution is 0.0597.